The molecule has 2 unspecified atom stereocenters. The van der Waals surface area contributed by atoms with Gasteiger partial charge in [-0.3, -0.25) is 0 Å². The molecular formula is C11H19N3. The highest BCUT2D eigenvalue weighted by atomic mass is 15.1. The van der Waals surface area contributed by atoms with Crippen LogP contribution in [0.1, 0.15) is 44.3 Å². The Kier molecular flexibility index (Phi) is 2.87. The number of hydrogen-bond donors (Lipinski definition) is 1. The molecule has 2 N–H and O–H groups in total. The normalized spacial score (nSPS) is 27.9. The zero-order chi connectivity index (χ0) is 9.97. The van der Waals surface area contributed by atoms with E-state index in [-0.39, 0.29) is 0 Å². The topological polar surface area (TPSA) is 43.8 Å². The standard InChI is InChI=1S/C11H19N3/c1-9-4-2-3-5-11(9)14-8-13-7-10(14)6-12/h7-9,11H,2-6,12H2,1H3. The molecule has 0 spiro atoms. The molecule has 1 heterocycles. The molecule has 1 fully saturated rings. The Labute approximate surface area is 85.3 Å². The predicted molar refractivity (Wildman–Crippen MR) is 56.8 cm³/mol. The van der Waals surface area contributed by atoms with E-state index in [1.807, 2.05) is 12.5 Å². The highest BCUT2D eigenvalue weighted by Gasteiger charge is 2.23. The van der Waals surface area contributed by atoms with Gasteiger partial charge < -0.3 is 10.3 Å². The van der Waals surface area contributed by atoms with Gasteiger partial charge in [-0.05, 0) is 18.8 Å². The van der Waals surface area contributed by atoms with E-state index in [1.54, 1.807) is 0 Å². The fourth-order valence-corrected chi connectivity index (χ4v) is 2.50. The van der Waals surface area contributed by atoms with E-state index < -0.39 is 0 Å². The lowest BCUT2D eigenvalue weighted by Crippen LogP contribution is -2.22. The molecule has 1 aromatic heterocycles. The Balaban J connectivity index is 2.20. The van der Waals surface area contributed by atoms with E-state index in [9.17, 15) is 0 Å². The van der Waals surface area contributed by atoms with Crippen molar-refractivity contribution in [2.45, 2.75) is 45.2 Å². The molecule has 0 aliphatic heterocycles. The second-order valence-corrected chi connectivity index (χ2v) is 4.33. The number of aromatic nitrogens is 2. The number of rotatable bonds is 2. The van der Waals surface area contributed by atoms with E-state index >= 15 is 0 Å². The van der Waals surface area contributed by atoms with Gasteiger partial charge in [-0.25, -0.2) is 4.98 Å². The van der Waals surface area contributed by atoms with Crippen LogP contribution >= 0.6 is 0 Å². The van der Waals surface area contributed by atoms with Crippen LogP contribution in [0.4, 0.5) is 0 Å². The van der Waals surface area contributed by atoms with Crippen molar-refractivity contribution in [2.75, 3.05) is 0 Å². The first kappa shape index (κ1) is 9.71. The molecule has 1 aliphatic carbocycles. The molecule has 3 heteroatoms. The fraction of sp³-hybridized carbons (Fsp3) is 0.727. The van der Waals surface area contributed by atoms with Crippen molar-refractivity contribution in [3.05, 3.63) is 18.2 Å². The first-order valence-corrected chi connectivity index (χ1v) is 5.53. The minimum Gasteiger partial charge on any atom is -0.330 e. The van der Waals surface area contributed by atoms with Gasteiger partial charge in [-0.2, -0.15) is 0 Å². The first-order valence-electron chi connectivity index (χ1n) is 5.53. The molecule has 14 heavy (non-hydrogen) atoms. The van der Waals surface area contributed by atoms with Crippen LogP contribution in [-0.4, -0.2) is 9.55 Å². The summed E-state index contributed by atoms with van der Waals surface area (Å²) in [6.07, 6.45) is 9.18. The Hall–Kier alpha value is -0.830. The average Bonchev–Trinajstić information content (AvgIpc) is 2.66. The third kappa shape index (κ3) is 1.69. The SMILES string of the molecule is CC1CCCCC1n1cncc1CN. The second kappa shape index (κ2) is 4.13. The minimum atomic E-state index is 0.600. The highest BCUT2D eigenvalue weighted by molar-refractivity contribution is 5.00. The van der Waals surface area contributed by atoms with Gasteiger partial charge in [-0.15, -0.1) is 0 Å². The van der Waals surface area contributed by atoms with Gasteiger partial charge in [0.1, 0.15) is 0 Å². The largest absolute Gasteiger partial charge is 0.330 e. The summed E-state index contributed by atoms with van der Waals surface area (Å²) in [5.41, 5.74) is 6.86. The van der Waals surface area contributed by atoms with Crippen LogP contribution in [0.15, 0.2) is 12.5 Å². The summed E-state index contributed by atoms with van der Waals surface area (Å²) in [5, 5.41) is 0. The van der Waals surface area contributed by atoms with Crippen LogP contribution in [-0.2, 0) is 6.54 Å². The van der Waals surface area contributed by atoms with Crippen molar-refractivity contribution < 1.29 is 0 Å². The van der Waals surface area contributed by atoms with Crippen molar-refractivity contribution in [2.24, 2.45) is 11.7 Å². The molecule has 2 rings (SSSR count). The van der Waals surface area contributed by atoms with E-state index in [0.717, 1.165) is 5.92 Å². The zero-order valence-corrected chi connectivity index (χ0v) is 8.82. The average molecular weight is 193 g/mol. The third-order valence-corrected chi connectivity index (χ3v) is 3.38. The summed E-state index contributed by atoms with van der Waals surface area (Å²) >= 11 is 0. The molecule has 1 saturated carbocycles. The molecule has 0 saturated heterocycles. The van der Waals surface area contributed by atoms with Crippen molar-refractivity contribution >= 4 is 0 Å². The van der Waals surface area contributed by atoms with Gasteiger partial charge >= 0.3 is 0 Å². The van der Waals surface area contributed by atoms with E-state index in [1.165, 1.54) is 31.4 Å². The molecule has 0 amide bonds. The van der Waals surface area contributed by atoms with Crippen LogP contribution in [0.5, 0.6) is 0 Å². The number of nitrogens with two attached hydrogens (primary N) is 1. The van der Waals surface area contributed by atoms with Crippen molar-refractivity contribution in [3.8, 4) is 0 Å². The number of hydrogen-bond acceptors (Lipinski definition) is 2. The van der Waals surface area contributed by atoms with Crippen molar-refractivity contribution in [1.82, 2.24) is 9.55 Å². The maximum absolute atomic E-state index is 5.69. The maximum Gasteiger partial charge on any atom is 0.0951 e. The summed E-state index contributed by atoms with van der Waals surface area (Å²) in [4.78, 5) is 4.19. The van der Waals surface area contributed by atoms with Crippen LogP contribution in [0.3, 0.4) is 0 Å². The summed E-state index contributed by atoms with van der Waals surface area (Å²) in [5.74, 6) is 0.767. The molecule has 2 atom stereocenters. The lowest BCUT2D eigenvalue weighted by molar-refractivity contribution is 0.253. The van der Waals surface area contributed by atoms with Crippen molar-refractivity contribution in [3.63, 3.8) is 0 Å². The van der Waals surface area contributed by atoms with E-state index in [2.05, 4.69) is 16.5 Å². The van der Waals surface area contributed by atoms with Gasteiger partial charge in [0, 0.05) is 18.8 Å². The van der Waals surface area contributed by atoms with Crippen LogP contribution < -0.4 is 5.73 Å². The lowest BCUT2D eigenvalue weighted by atomic mass is 9.85. The van der Waals surface area contributed by atoms with Crippen LogP contribution in [0.25, 0.3) is 0 Å². The number of nitrogens with zero attached hydrogens (tertiary/aromatic N) is 2. The molecule has 0 bridgehead atoms. The Bertz CT molecular complexity index is 292. The monoisotopic (exact) mass is 193 g/mol. The highest BCUT2D eigenvalue weighted by Crippen LogP contribution is 2.33. The summed E-state index contributed by atoms with van der Waals surface area (Å²) in [7, 11) is 0. The molecular weight excluding hydrogens is 174 g/mol. The fourth-order valence-electron chi connectivity index (χ4n) is 2.50. The minimum absolute atomic E-state index is 0.600. The predicted octanol–water partition coefficient (Wildman–Crippen LogP) is 2.09. The first-order chi connectivity index (χ1) is 6.83. The van der Waals surface area contributed by atoms with Gasteiger partial charge in [0.05, 0.1) is 12.0 Å². The van der Waals surface area contributed by atoms with Gasteiger partial charge in [0.2, 0.25) is 0 Å². The number of imidazole rings is 1. The van der Waals surface area contributed by atoms with Crippen molar-refractivity contribution in [1.29, 1.82) is 0 Å². The lowest BCUT2D eigenvalue weighted by Gasteiger charge is -2.30. The summed E-state index contributed by atoms with van der Waals surface area (Å²) in [6.45, 7) is 2.94. The Morgan fingerprint density at radius 2 is 2.29 bits per heavy atom. The molecule has 0 radical (unpaired) electrons. The second-order valence-electron chi connectivity index (χ2n) is 4.33. The Morgan fingerprint density at radius 3 is 3.00 bits per heavy atom. The third-order valence-electron chi connectivity index (χ3n) is 3.38. The van der Waals surface area contributed by atoms with Gasteiger partial charge in [0.15, 0.2) is 0 Å². The molecule has 1 aliphatic rings. The summed E-state index contributed by atoms with van der Waals surface area (Å²) < 4.78 is 2.28. The van der Waals surface area contributed by atoms with E-state index in [0.29, 0.717) is 12.6 Å². The maximum atomic E-state index is 5.69. The zero-order valence-electron chi connectivity index (χ0n) is 8.82. The smallest absolute Gasteiger partial charge is 0.0951 e. The molecule has 78 valence electrons. The molecule has 3 nitrogen and oxygen atoms in total. The molecule has 0 aromatic carbocycles. The Morgan fingerprint density at radius 1 is 1.50 bits per heavy atom. The quantitative estimate of drug-likeness (QED) is 0.781. The van der Waals surface area contributed by atoms with Gasteiger partial charge in [-0.1, -0.05) is 19.8 Å². The molecule has 1 aromatic rings. The van der Waals surface area contributed by atoms with E-state index in [4.69, 9.17) is 5.73 Å². The summed E-state index contributed by atoms with van der Waals surface area (Å²) in [6, 6.07) is 0.629. The van der Waals surface area contributed by atoms with Gasteiger partial charge in [0.25, 0.3) is 0 Å². The van der Waals surface area contributed by atoms with Crippen LogP contribution in [0, 0.1) is 5.92 Å². The van der Waals surface area contributed by atoms with Crippen LogP contribution in [0.2, 0.25) is 0 Å².